The van der Waals surface area contributed by atoms with E-state index < -0.39 is 5.97 Å². The molecule has 0 unspecified atom stereocenters. The summed E-state index contributed by atoms with van der Waals surface area (Å²) in [6.07, 6.45) is 5.07. The summed E-state index contributed by atoms with van der Waals surface area (Å²) in [5.41, 5.74) is 6.45. The smallest absolute Gasteiger partial charge is 0.307 e. The molecule has 1 aliphatic heterocycles. The normalized spacial score (nSPS) is 18.2. The molecule has 2 rings (SSSR count). The maximum atomic E-state index is 10.8. The molecule has 1 aromatic rings. The molecule has 0 aromatic heterocycles. The van der Waals surface area contributed by atoms with Gasteiger partial charge in [-0.15, -0.1) is 0 Å². The molecular weight excluding hydrogens is 324 g/mol. The van der Waals surface area contributed by atoms with Crippen molar-refractivity contribution in [1.82, 2.24) is 5.32 Å². The highest BCUT2D eigenvalue weighted by Crippen LogP contribution is 2.26. The number of carboxylic acid groups (broad SMARTS) is 1. The Morgan fingerprint density at radius 3 is 2.42 bits per heavy atom. The highest BCUT2D eigenvalue weighted by Gasteiger charge is 2.20. The van der Waals surface area contributed by atoms with Crippen LogP contribution >= 0.6 is 0 Å². The van der Waals surface area contributed by atoms with Gasteiger partial charge in [-0.05, 0) is 43.4 Å². The van der Waals surface area contributed by atoms with Gasteiger partial charge < -0.3 is 10.4 Å². The van der Waals surface area contributed by atoms with Crippen LogP contribution in [-0.4, -0.2) is 16.9 Å². The van der Waals surface area contributed by atoms with Gasteiger partial charge in [-0.1, -0.05) is 56.2 Å². The number of benzene rings is 1. The first-order chi connectivity index (χ1) is 12.3. The molecule has 0 bridgehead atoms. The number of aliphatic carboxylic acids is 1. The first kappa shape index (κ1) is 19.7. The summed E-state index contributed by atoms with van der Waals surface area (Å²) in [5.74, 6) is 0.483. The molecule has 0 atom stereocenters. The van der Waals surface area contributed by atoms with Crippen molar-refractivity contribution in [2.75, 3.05) is 0 Å². The Hall–Kier alpha value is -2.62. The SMILES string of the molecule is CC/C(C)=C/N=C1/NC(c2ccc(CC(=O)O)cc2)=C/C1=C(/C)C(C)C. The van der Waals surface area contributed by atoms with Gasteiger partial charge in [-0.2, -0.15) is 0 Å². The monoisotopic (exact) mass is 352 g/mol. The van der Waals surface area contributed by atoms with Crippen LogP contribution in [0.2, 0.25) is 0 Å². The van der Waals surface area contributed by atoms with Crippen molar-refractivity contribution in [1.29, 1.82) is 0 Å². The van der Waals surface area contributed by atoms with Crippen molar-refractivity contribution in [2.24, 2.45) is 10.9 Å². The fraction of sp³-hybridized carbons (Fsp3) is 0.364. The Morgan fingerprint density at radius 1 is 1.23 bits per heavy atom. The molecule has 0 spiro atoms. The lowest BCUT2D eigenvalue weighted by molar-refractivity contribution is -0.136. The highest BCUT2D eigenvalue weighted by molar-refractivity contribution is 6.11. The molecule has 0 amide bonds. The third-order valence-electron chi connectivity index (χ3n) is 4.68. The average Bonchev–Trinajstić information content (AvgIpc) is 3.03. The molecule has 1 heterocycles. The maximum absolute atomic E-state index is 10.8. The standard InChI is InChI=1S/C22H28N2O2/c1-6-15(4)13-23-22-19(16(5)14(2)3)12-20(24-22)18-9-7-17(8-10-18)11-21(25)26/h7-10,12-14H,6,11H2,1-5H3,(H,23,24)(H,25,26)/b15-13+,19-16+. The zero-order chi connectivity index (χ0) is 19.3. The first-order valence-electron chi connectivity index (χ1n) is 9.06. The third-order valence-corrected chi connectivity index (χ3v) is 4.68. The zero-order valence-corrected chi connectivity index (χ0v) is 16.3. The van der Waals surface area contributed by atoms with Gasteiger partial charge >= 0.3 is 5.97 Å². The van der Waals surface area contributed by atoms with Crippen LogP contribution in [-0.2, 0) is 11.2 Å². The van der Waals surface area contributed by atoms with Crippen LogP contribution in [0.15, 0.2) is 58.3 Å². The number of allylic oxidation sites excluding steroid dienone is 2. The number of hydrogen-bond acceptors (Lipinski definition) is 2. The van der Waals surface area contributed by atoms with Crippen molar-refractivity contribution in [3.63, 3.8) is 0 Å². The largest absolute Gasteiger partial charge is 0.481 e. The van der Waals surface area contributed by atoms with Gasteiger partial charge in [0.15, 0.2) is 0 Å². The molecule has 4 nitrogen and oxygen atoms in total. The van der Waals surface area contributed by atoms with E-state index in [9.17, 15) is 4.79 Å². The van der Waals surface area contributed by atoms with Gasteiger partial charge in [-0.25, -0.2) is 4.99 Å². The van der Waals surface area contributed by atoms with Crippen molar-refractivity contribution in [3.05, 3.63) is 64.4 Å². The molecule has 4 heteroatoms. The van der Waals surface area contributed by atoms with E-state index in [1.54, 1.807) is 0 Å². The molecule has 1 aromatic carbocycles. The number of hydrogen-bond donors (Lipinski definition) is 2. The van der Waals surface area contributed by atoms with Gasteiger partial charge in [0, 0.05) is 17.5 Å². The lowest BCUT2D eigenvalue weighted by Crippen LogP contribution is -2.18. The Morgan fingerprint density at radius 2 is 1.88 bits per heavy atom. The minimum Gasteiger partial charge on any atom is -0.481 e. The fourth-order valence-corrected chi connectivity index (χ4v) is 2.56. The van der Waals surface area contributed by atoms with E-state index in [0.29, 0.717) is 5.92 Å². The molecule has 26 heavy (non-hydrogen) atoms. The van der Waals surface area contributed by atoms with Crippen LogP contribution in [0, 0.1) is 5.92 Å². The summed E-state index contributed by atoms with van der Waals surface area (Å²) in [7, 11) is 0. The summed E-state index contributed by atoms with van der Waals surface area (Å²) >= 11 is 0. The van der Waals surface area contributed by atoms with Crippen LogP contribution in [0.1, 0.15) is 52.2 Å². The van der Waals surface area contributed by atoms with Crippen molar-refractivity contribution in [2.45, 2.75) is 47.5 Å². The third kappa shape index (κ3) is 4.94. The van der Waals surface area contributed by atoms with E-state index in [2.05, 4.69) is 51.0 Å². The Bertz CT molecular complexity index is 794. The van der Waals surface area contributed by atoms with Crippen LogP contribution in [0.3, 0.4) is 0 Å². The molecule has 0 fully saturated rings. The summed E-state index contributed by atoms with van der Waals surface area (Å²) < 4.78 is 0. The number of aliphatic imine (C=N–C) groups is 1. The molecular formula is C22H28N2O2. The molecule has 1 aliphatic rings. The Kier molecular flexibility index (Phi) is 6.56. The number of carbonyl (C=O) groups is 1. The van der Waals surface area contributed by atoms with Gasteiger partial charge in [-0.3, -0.25) is 4.79 Å². The number of nitrogens with zero attached hydrogens (tertiary/aromatic N) is 1. The van der Waals surface area contributed by atoms with E-state index in [1.807, 2.05) is 30.5 Å². The zero-order valence-electron chi connectivity index (χ0n) is 16.3. The van der Waals surface area contributed by atoms with Crippen molar-refractivity contribution >= 4 is 17.5 Å². The molecule has 0 saturated carbocycles. The van der Waals surface area contributed by atoms with Crippen molar-refractivity contribution < 1.29 is 9.90 Å². The van der Waals surface area contributed by atoms with Crippen LogP contribution < -0.4 is 5.32 Å². The minimum absolute atomic E-state index is 0.0398. The van der Waals surface area contributed by atoms with Gasteiger partial charge in [0.1, 0.15) is 5.84 Å². The fourth-order valence-electron chi connectivity index (χ4n) is 2.56. The summed E-state index contributed by atoms with van der Waals surface area (Å²) in [6, 6.07) is 7.63. The molecule has 0 saturated heterocycles. The van der Waals surface area contributed by atoms with Crippen LogP contribution in [0.4, 0.5) is 0 Å². The number of rotatable bonds is 6. The second-order valence-corrected chi connectivity index (χ2v) is 7.01. The van der Waals surface area contributed by atoms with Gasteiger partial charge in [0.2, 0.25) is 0 Å². The first-order valence-corrected chi connectivity index (χ1v) is 9.06. The Labute approximate surface area is 156 Å². The van der Waals surface area contributed by atoms with Crippen molar-refractivity contribution in [3.8, 4) is 0 Å². The van der Waals surface area contributed by atoms with Crippen LogP contribution in [0.25, 0.3) is 5.70 Å². The predicted octanol–water partition coefficient (Wildman–Crippen LogP) is 4.94. The lowest BCUT2D eigenvalue weighted by atomic mass is 9.98. The van der Waals surface area contributed by atoms with E-state index in [4.69, 9.17) is 5.11 Å². The molecule has 0 aliphatic carbocycles. The van der Waals surface area contributed by atoms with E-state index in [1.165, 1.54) is 11.1 Å². The average molecular weight is 352 g/mol. The maximum Gasteiger partial charge on any atom is 0.307 e. The molecule has 2 N–H and O–H groups in total. The predicted molar refractivity (Wildman–Crippen MR) is 108 cm³/mol. The van der Waals surface area contributed by atoms with Gasteiger partial charge in [0.05, 0.1) is 6.42 Å². The second-order valence-electron chi connectivity index (χ2n) is 7.01. The number of amidine groups is 1. The lowest BCUT2D eigenvalue weighted by Gasteiger charge is -2.10. The molecule has 0 radical (unpaired) electrons. The summed E-state index contributed by atoms with van der Waals surface area (Å²) in [6.45, 7) is 10.7. The summed E-state index contributed by atoms with van der Waals surface area (Å²) in [5, 5.41) is 12.3. The van der Waals surface area contributed by atoms with E-state index >= 15 is 0 Å². The second kappa shape index (κ2) is 8.65. The number of nitrogens with one attached hydrogen (secondary N) is 1. The number of carboxylic acids is 1. The topological polar surface area (TPSA) is 61.7 Å². The Balaban J connectivity index is 2.37. The highest BCUT2D eigenvalue weighted by atomic mass is 16.4. The molecule has 138 valence electrons. The summed E-state index contributed by atoms with van der Waals surface area (Å²) in [4.78, 5) is 15.5. The van der Waals surface area contributed by atoms with Gasteiger partial charge in [0.25, 0.3) is 0 Å². The van der Waals surface area contributed by atoms with E-state index in [0.717, 1.165) is 34.7 Å². The quantitative estimate of drug-likeness (QED) is 0.762. The minimum atomic E-state index is -0.818. The van der Waals surface area contributed by atoms with E-state index in [-0.39, 0.29) is 6.42 Å². The van der Waals surface area contributed by atoms with Crippen LogP contribution in [0.5, 0.6) is 0 Å².